The third-order valence-corrected chi connectivity index (χ3v) is 4.04. The molecule has 20 heavy (non-hydrogen) atoms. The quantitative estimate of drug-likeness (QED) is 0.890. The number of aliphatic hydroxyl groups excluding tert-OH is 1. The van der Waals surface area contributed by atoms with Crippen LogP contribution in [0, 0.1) is 0 Å². The molecule has 2 atom stereocenters. The Morgan fingerprint density at radius 2 is 2.20 bits per heavy atom. The highest BCUT2D eigenvalue weighted by atomic mass is 16.3. The molecule has 0 unspecified atom stereocenters. The first-order valence-electron chi connectivity index (χ1n) is 7.19. The Morgan fingerprint density at radius 3 is 3.00 bits per heavy atom. The van der Waals surface area contributed by atoms with Gasteiger partial charge in [0.05, 0.1) is 17.8 Å². The minimum Gasteiger partial charge on any atom is -0.391 e. The van der Waals surface area contributed by atoms with Crippen molar-refractivity contribution < 1.29 is 5.11 Å². The van der Waals surface area contributed by atoms with Crippen LogP contribution in [0.3, 0.4) is 0 Å². The molecular weight excluding hydrogens is 250 g/mol. The average molecular weight is 271 g/mol. The van der Waals surface area contributed by atoms with Crippen molar-refractivity contribution in [3.63, 3.8) is 0 Å². The molecule has 0 radical (unpaired) electrons. The molecule has 3 rings (SSSR count). The van der Waals surface area contributed by atoms with Gasteiger partial charge < -0.3 is 10.4 Å². The first-order valence-corrected chi connectivity index (χ1v) is 7.19. The summed E-state index contributed by atoms with van der Waals surface area (Å²) in [5.74, 6) is 0. The lowest BCUT2D eigenvalue weighted by atomic mass is 10.1. The van der Waals surface area contributed by atoms with Crippen molar-refractivity contribution in [1.82, 2.24) is 15.1 Å². The molecule has 106 valence electrons. The summed E-state index contributed by atoms with van der Waals surface area (Å²) in [7, 11) is 1.95. The Bertz CT molecular complexity index is 606. The number of nitrogens with zero attached hydrogens (tertiary/aromatic N) is 2. The lowest BCUT2D eigenvalue weighted by Gasteiger charge is -2.17. The number of fused-ring (bicyclic) bond motifs is 1. The molecule has 0 fully saturated rings. The van der Waals surface area contributed by atoms with Gasteiger partial charge in [-0.15, -0.1) is 0 Å². The van der Waals surface area contributed by atoms with Crippen LogP contribution in [0.1, 0.15) is 35.3 Å². The second-order valence-electron chi connectivity index (χ2n) is 5.46. The van der Waals surface area contributed by atoms with E-state index >= 15 is 0 Å². The van der Waals surface area contributed by atoms with Gasteiger partial charge in [-0.25, -0.2) is 0 Å². The van der Waals surface area contributed by atoms with Crippen molar-refractivity contribution in [1.29, 1.82) is 0 Å². The van der Waals surface area contributed by atoms with Crippen LogP contribution in [-0.4, -0.2) is 21.0 Å². The van der Waals surface area contributed by atoms with E-state index in [0.717, 1.165) is 25.1 Å². The molecule has 0 saturated carbocycles. The van der Waals surface area contributed by atoms with Crippen LogP contribution >= 0.6 is 0 Å². The molecule has 1 aliphatic carbocycles. The monoisotopic (exact) mass is 271 g/mol. The fraction of sp³-hybridized carbons (Fsp3) is 0.438. The van der Waals surface area contributed by atoms with E-state index < -0.39 is 0 Å². The Morgan fingerprint density at radius 1 is 1.40 bits per heavy atom. The number of hydrogen-bond acceptors (Lipinski definition) is 3. The highest BCUT2D eigenvalue weighted by Crippen LogP contribution is 2.31. The van der Waals surface area contributed by atoms with E-state index in [1.807, 2.05) is 23.9 Å². The molecule has 0 amide bonds. The number of nitrogens with one attached hydrogen (secondary N) is 1. The van der Waals surface area contributed by atoms with Gasteiger partial charge in [0.2, 0.25) is 0 Å². The van der Waals surface area contributed by atoms with Gasteiger partial charge in [0.15, 0.2) is 0 Å². The Hall–Kier alpha value is -1.65. The van der Waals surface area contributed by atoms with Gasteiger partial charge in [0, 0.05) is 31.8 Å². The maximum Gasteiger partial charge on any atom is 0.0775 e. The lowest BCUT2D eigenvalue weighted by Crippen LogP contribution is -2.28. The zero-order valence-electron chi connectivity index (χ0n) is 12.0. The zero-order valence-corrected chi connectivity index (χ0v) is 12.0. The summed E-state index contributed by atoms with van der Waals surface area (Å²) in [6, 6.07) is 8.29. The largest absolute Gasteiger partial charge is 0.391 e. The number of aliphatic hydroxyl groups is 1. The summed E-state index contributed by atoms with van der Waals surface area (Å²) in [6.45, 7) is 2.86. The maximum absolute atomic E-state index is 10.2. The van der Waals surface area contributed by atoms with Crippen molar-refractivity contribution in [2.75, 3.05) is 0 Å². The summed E-state index contributed by atoms with van der Waals surface area (Å²) >= 11 is 0. The molecule has 2 aromatic rings. The van der Waals surface area contributed by atoms with Gasteiger partial charge in [0.25, 0.3) is 0 Å². The fourth-order valence-corrected chi connectivity index (χ4v) is 3.07. The minimum atomic E-state index is -0.339. The SMILES string of the molecule is CCc1nn(C)cc1CN[C@@H]1c2ccccc2C[C@@H]1O. The first kappa shape index (κ1) is 13.3. The van der Waals surface area contributed by atoms with E-state index in [0.29, 0.717) is 0 Å². The van der Waals surface area contributed by atoms with Gasteiger partial charge in [-0.1, -0.05) is 31.2 Å². The molecule has 1 aliphatic rings. The summed E-state index contributed by atoms with van der Waals surface area (Å²) in [4.78, 5) is 0. The minimum absolute atomic E-state index is 0.0242. The molecule has 4 heteroatoms. The smallest absolute Gasteiger partial charge is 0.0775 e. The predicted octanol–water partition coefficient (Wildman–Crippen LogP) is 1.73. The molecule has 0 aliphatic heterocycles. The Labute approximate surface area is 119 Å². The van der Waals surface area contributed by atoms with Crippen LogP contribution in [0.2, 0.25) is 0 Å². The lowest BCUT2D eigenvalue weighted by molar-refractivity contribution is 0.140. The highest BCUT2D eigenvalue weighted by molar-refractivity contribution is 5.36. The highest BCUT2D eigenvalue weighted by Gasteiger charge is 2.30. The topological polar surface area (TPSA) is 50.1 Å². The van der Waals surface area contributed by atoms with Crippen molar-refractivity contribution in [2.24, 2.45) is 7.05 Å². The van der Waals surface area contributed by atoms with E-state index in [2.05, 4.69) is 35.7 Å². The second-order valence-corrected chi connectivity index (χ2v) is 5.46. The van der Waals surface area contributed by atoms with Gasteiger partial charge in [-0.05, 0) is 17.5 Å². The summed E-state index contributed by atoms with van der Waals surface area (Å²) in [6.07, 6.45) is 3.39. The van der Waals surface area contributed by atoms with E-state index in [4.69, 9.17) is 0 Å². The summed E-state index contributed by atoms with van der Waals surface area (Å²) < 4.78 is 1.86. The van der Waals surface area contributed by atoms with E-state index in [9.17, 15) is 5.11 Å². The third-order valence-electron chi connectivity index (χ3n) is 4.04. The van der Waals surface area contributed by atoms with Gasteiger partial charge in [0.1, 0.15) is 0 Å². The Balaban J connectivity index is 1.75. The molecule has 1 aromatic carbocycles. The van der Waals surface area contributed by atoms with Crippen molar-refractivity contribution in [3.05, 3.63) is 52.8 Å². The van der Waals surface area contributed by atoms with Gasteiger partial charge in [-0.3, -0.25) is 4.68 Å². The molecule has 0 spiro atoms. The predicted molar refractivity (Wildman–Crippen MR) is 78.3 cm³/mol. The van der Waals surface area contributed by atoms with Crippen LogP contribution < -0.4 is 5.32 Å². The number of aryl methyl sites for hydroxylation is 2. The third kappa shape index (κ3) is 2.37. The van der Waals surface area contributed by atoms with Crippen LogP contribution in [-0.2, 0) is 26.4 Å². The first-order chi connectivity index (χ1) is 9.69. The van der Waals surface area contributed by atoms with Crippen LogP contribution in [0.15, 0.2) is 30.5 Å². The molecule has 2 N–H and O–H groups in total. The molecule has 1 heterocycles. The van der Waals surface area contributed by atoms with Crippen LogP contribution in [0.4, 0.5) is 0 Å². The standard InChI is InChI=1S/C16H21N3O/c1-3-14-12(10-19(2)18-14)9-17-16-13-7-5-4-6-11(13)8-15(16)20/h4-7,10,15-17,20H,3,8-9H2,1-2H3/t15-,16+/m0/s1. The number of benzene rings is 1. The second kappa shape index (κ2) is 5.38. The van der Waals surface area contributed by atoms with Crippen molar-refractivity contribution in [3.8, 4) is 0 Å². The zero-order chi connectivity index (χ0) is 14.1. The van der Waals surface area contributed by atoms with Crippen LogP contribution in [0.25, 0.3) is 0 Å². The summed E-state index contributed by atoms with van der Waals surface area (Å²) in [5, 5.41) is 18.2. The molecule has 0 saturated heterocycles. The maximum atomic E-state index is 10.2. The van der Waals surface area contributed by atoms with Crippen molar-refractivity contribution in [2.45, 2.75) is 38.5 Å². The van der Waals surface area contributed by atoms with Crippen molar-refractivity contribution >= 4 is 0 Å². The van der Waals surface area contributed by atoms with E-state index in [-0.39, 0.29) is 12.1 Å². The van der Waals surface area contributed by atoms with E-state index in [1.54, 1.807) is 0 Å². The number of aromatic nitrogens is 2. The van der Waals surface area contributed by atoms with Gasteiger partial charge >= 0.3 is 0 Å². The molecule has 1 aromatic heterocycles. The summed E-state index contributed by atoms with van der Waals surface area (Å²) in [5.41, 5.74) is 4.81. The molecule has 4 nitrogen and oxygen atoms in total. The normalized spacial score (nSPS) is 21.1. The molecule has 0 bridgehead atoms. The molecular formula is C16H21N3O. The Kier molecular flexibility index (Phi) is 3.59. The number of hydrogen-bond donors (Lipinski definition) is 2. The fourth-order valence-electron chi connectivity index (χ4n) is 3.07. The van der Waals surface area contributed by atoms with Crippen LogP contribution in [0.5, 0.6) is 0 Å². The van der Waals surface area contributed by atoms with E-state index in [1.165, 1.54) is 16.7 Å². The average Bonchev–Trinajstić information content (AvgIpc) is 2.95. The van der Waals surface area contributed by atoms with Gasteiger partial charge in [-0.2, -0.15) is 5.10 Å². The number of rotatable bonds is 4.